The van der Waals surface area contributed by atoms with Crippen LogP contribution in [0.4, 0.5) is 5.69 Å². The fourth-order valence-electron chi connectivity index (χ4n) is 3.20. The van der Waals surface area contributed by atoms with Crippen LogP contribution in [0.2, 0.25) is 0 Å². The zero-order valence-electron chi connectivity index (χ0n) is 14.9. The quantitative estimate of drug-likeness (QED) is 0.535. The Kier molecular flexibility index (Phi) is 6.20. The summed E-state index contributed by atoms with van der Waals surface area (Å²) >= 11 is 0. The molecular formula is C19H22N2O5S. The van der Waals surface area contributed by atoms with Gasteiger partial charge in [0.1, 0.15) is 0 Å². The van der Waals surface area contributed by atoms with Crippen LogP contribution in [0.15, 0.2) is 59.5 Å². The van der Waals surface area contributed by atoms with Crippen LogP contribution in [0, 0.1) is 16.0 Å². The van der Waals surface area contributed by atoms with E-state index in [2.05, 4.69) is 0 Å². The molecule has 0 N–H and O–H groups in total. The summed E-state index contributed by atoms with van der Waals surface area (Å²) in [6.07, 6.45) is 1.35. The van der Waals surface area contributed by atoms with Crippen molar-refractivity contribution in [3.63, 3.8) is 0 Å². The van der Waals surface area contributed by atoms with Gasteiger partial charge in [-0.1, -0.05) is 42.5 Å². The van der Waals surface area contributed by atoms with E-state index in [1.807, 2.05) is 30.3 Å². The van der Waals surface area contributed by atoms with E-state index in [1.54, 1.807) is 0 Å². The Morgan fingerprint density at radius 1 is 1.04 bits per heavy atom. The van der Waals surface area contributed by atoms with Gasteiger partial charge in [0.05, 0.1) is 11.5 Å². The van der Waals surface area contributed by atoms with Crippen LogP contribution in [-0.4, -0.2) is 37.3 Å². The Bertz CT molecular complexity index is 878. The summed E-state index contributed by atoms with van der Waals surface area (Å²) in [4.78, 5) is 10.2. The molecule has 144 valence electrons. The first-order chi connectivity index (χ1) is 13.0. The Morgan fingerprint density at radius 3 is 2.33 bits per heavy atom. The minimum Gasteiger partial charge on any atom is -0.376 e. The number of hydrogen-bond acceptors (Lipinski definition) is 5. The summed E-state index contributed by atoms with van der Waals surface area (Å²) in [5, 5.41) is 11.1. The number of rotatable bonds is 7. The van der Waals surface area contributed by atoms with Crippen molar-refractivity contribution >= 4 is 15.7 Å². The maximum Gasteiger partial charge on any atom is 0.289 e. The second kappa shape index (κ2) is 8.60. The summed E-state index contributed by atoms with van der Waals surface area (Å²) < 4.78 is 32.7. The molecule has 0 bridgehead atoms. The summed E-state index contributed by atoms with van der Waals surface area (Å²) in [6.45, 7) is 1.80. The van der Waals surface area contributed by atoms with Crippen molar-refractivity contribution in [2.24, 2.45) is 5.92 Å². The molecule has 0 unspecified atom stereocenters. The molecule has 2 aromatic carbocycles. The van der Waals surface area contributed by atoms with Gasteiger partial charge in [-0.3, -0.25) is 10.1 Å². The third-order valence-corrected chi connectivity index (χ3v) is 6.66. The molecule has 1 heterocycles. The number of para-hydroxylation sites is 1. The number of benzene rings is 2. The predicted octanol–water partition coefficient (Wildman–Crippen LogP) is 3.21. The van der Waals surface area contributed by atoms with E-state index in [1.165, 1.54) is 28.6 Å². The van der Waals surface area contributed by atoms with Crippen LogP contribution in [0.1, 0.15) is 18.4 Å². The van der Waals surface area contributed by atoms with Crippen LogP contribution in [0.5, 0.6) is 0 Å². The number of nitrogens with zero attached hydrogens (tertiary/aromatic N) is 2. The number of nitro groups is 1. The molecule has 7 nitrogen and oxygen atoms in total. The van der Waals surface area contributed by atoms with Crippen molar-refractivity contribution in [3.8, 4) is 0 Å². The number of piperidine rings is 1. The third kappa shape index (κ3) is 4.71. The summed E-state index contributed by atoms with van der Waals surface area (Å²) in [7, 11) is -3.87. The Morgan fingerprint density at radius 2 is 1.67 bits per heavy atom. The highest BCUT2D eigenvalue weighted by Crippen LogP contribution is 2.29. The Hall–Kier alpha value is -2.29. The predicted molar refractivity (Wildman–Crippen MR) is 101 cm³/mol. The van der Waals surface area contributed by atoms with Crippen molar-refractivity contribution in [2.45, 2.75) is 24.3 Å². The molecule has 0 aliphatic carbocycles. The summed E-state index contributed by atoms with van der Waals surface area (Å²) in [6, 6.07) is 15.4. The molecule has 0 spiro atoms. The van der Waals surface area contributed by atoms with E-state index in [4.69, 9.17) is 4.74 Å². The molecule has 1 saturated heterocycles. The number of ether oxygens (including phenoxy) is 1. The zero-order chi connectivity index (χ0) is 19.3. The minimum atomic E-state index is -3.87. The van der Waals surface area contributed by atoms with Gasteiger partial charge in [0.25, 0.3) is 5.69 Å². The second-order valence-corrected chi connectivity index (χ2v) is 8.48. The number of nitro benzene ring substituents is 1. The largest absolute Gasteiger partial charge is 0.376 e. The van der Waals surface area contributed by atoms with Crippen molar-refractivity contribution < 1.29 is 18.1 Å². The van der Waals surface area contributed by atoms with Crippen molar-refractivity contribution in [3.05, 3.63) is 70.3 Å². The van der Waals surface area contributed by atoms with Gasteiger partial charge in [0.15, 0.2) is 4.90 Å². The number of sulfonamides is 1. The third-order valence-electron chi connectivity index (χ3n) is 4.72. The smallest absolute Gasteiger partial charge is 0.289 e. The van der Waals surface area contributed by atoms with Crippen LogP contribution in [0.3, 0.4) is 0 Å². The van der Waals surface area contributed by atoms with E-state index in [-0.39, 0.29) is 16.5 Å². The molecule has 0 saturated carbocycles. The van der Waals surface area contributed by atoms with E-state index < -0.39 is 14.9 Å². The van der Waals surface area contributed by atoms with Crippen LogP contribution in [-0.2, 0) is 21.4 Å². The molecule has 0 aromatic heterocycles. The number of hydrogen-bond donors (Lipinski definition) is 0. The highest BCUT2D eigenvalue weighted by Gasteiger charge is 2.33. The van der Waals surface area contributed by atoms with Gasteiger partial charge < -0.3 is 4.74 Å². The summed E-state index contributed by atoms with van der Waals surface area (Å²) in [5.74, 6) is 0.283. The minimum absolute atomic E-state index is 0.242. The standard InChI is InChI=1S/C19H22N2O5S/c22-21(23)18-8-4-5-9-19(18)27(24,25)20-12-10-17(11-13-20)15-26-14-16-6-2-1-3-7-16/h1-9,17H,10-15H2. The van der Waals surface area contributed by atoms with E-state index in [9.17, 15) is 18.5 Å². The van der Waals surface area contributed by atoms with Crippen LogP contribution < -0.4 is 0 Å². The van der Waals surface area contributed by atoms with Gasteiger partial charge in [0, 0.05) is 25.8 Å². The monoisotopic (exact) mass is 390 g/mol. The molecule has 1 fully saturated rings. The topological polar surface area (TPSA) is 89.8 Å². The zero-order valence-corrected chi connectivity index (χ0v) is 15.7. The molecule has 8 heteroatoms. The SMILES string of the molecule is O=[N+]([O-])c1ccccc1S(=O)(=O)N1CCC(COCc2ccccc2)CC1. The molecule has 1 aliphatic heterocycles. The fourth-order valence-corrected chi connectivity index (χ4v) is 4.83. The fraction of sp³-hybridized carbons (Fsp3) is 0.368. The van der Waals surface area contributed by atoms with E-state index in [0.29, 0.717) is 39.1 Å². The molecule has 3 rings (SSSR count). The van der Waals surface area contributed by atoms with Crippen molar-refractivity contribution in [1.29, 1.82) is 0 Å². The lowest BCUT2D eigenvalue weighted by Gasteiger charge is -2.31. The lowest BCUT2D eigenvalue weighted by Crippen LogP contribution is -2.39. The van der Waals surface area contributed by atoms with Crippen LogP contribution in [0.25, 0.3) is 0 Å². The van der Waals surface area contributed by atoms with Crippen molar-refractivity contribution in [1.82, 2.24) is 4.31 Å². The highest BCUT2D eigenvalue weighted by molar-refractivity contribution is 7.89. The maximum atomic E-state index is 12.8. The van der Waals surface area contributed by atoms with Crippen molar-refractivity contribution in [2.75, 3.05) is 19.7 Å². The molecule has 2 aromatic rings. The normalized spacial score (nSPS) is 16.3. The molecule has 0 radical (unpaired) electrons. The summed E-state index contributed by atoms with van der Waals surface area (Å²) in [5.41, 5.74) is 0.722. The van der Waals surface area contributed by atoms with Crippen LogP contribution >= 0.6 is 0 Å². The molecule has 0 amide bonds. The van der Waals surface area contributed by atoms with E-state index >= 15 is 0 Å². The van der Waals surface area contributed by atoms with Gasteiger partial charge in [-0.25, -0.2) is 8.42 Å². The molecule has 1 aliphatic rings. The molecule has 0 atom stereocenters. The van der Waals surface area contributed by atoms with Gasteiger partial charge in [-0.15, -0.1) is 0 Å². The van der Waals surface area contributed by atoms with Gasteiger partial charge >= 0.3 is 0 Å². The maximum absolute atomic E-state index is 12.8. The van der Waals surface area contributed by atoms with Gasteiger partial charge in [-0.2, -0.15) is 4.31 Å². The lowest BCUT2D eigenvalue weighted by atomic mass is 9.99. The Balaban J connectivity index is 1.56. The molecular weight excluding hydrogens is 368 g/mol. The first-order valence-electron chi connectivity index (χ1n) is 8.83. The average Bonchev–Trinajstić information content (AvgIpc) is 2.69. The first-order valence-corrected chi connectivity index (χ1v) is 10.3. The Labute approximate surface area is 158 Å². The molecule has 27 heavy (non-hydrogen) atoms. The van der Waals surface area contributed by atoms with E-state index in [0.717, 1.165) is 5.56 Å². The average molecular weight is 390 g/mol. The van der Waals surface area contributed by atoms with Gasteiger partial charge in [0.2, 0.25) is 10.0 Å². The second-order valence-electron chi connectivity index (χ2n) is 6.57. The first kappa shape index (κ1) is 19.5. The highest BCUT2D eigenvalue weighted by atomic mass is 32.2. The van der Waals surface area contributed by atoms with Gasteiger partial charge in [-0.05, 0) is 30.4 Å². The lowest BCUT2D eigenvalue weighted by molar-refractivity contribution is -0.387.